The molecule has 1 aromatic carbocycles. The van der Waals surface area contributed by atoms with Crippen molar-refractivity contribution in [3.63, 3.8) is 0 Å². The highest BCUT2D eigenvalue weighted by molar-refractivity contribution is 7.99. The highest BCUT2D eigenvalue weighted by Crippen LogP contribution is 2.34. The van der Waals surface area contributed by atoms with Crippen molar-refractivity contribution in [3.8, 4) is 0 Å². The lowest BCUT2D eigenvalue weighted by Crippen LogP contribution is -2.47. The molecule has 0 spiro atoms. The summed E-state index contributed by atoms with van der Waals surface area (Å²) in [4.78, 5) is 5.17. The summed E-state index contributed by atoms with van der Waals surface area (Å²) in [5.74, 6) is -1.37. The van der Waals surface area contributed by atoms with Crippen LogP contribution >= 0.6 is 24.0 Å². The zero-order valence-corrected chi connectivity index (χ0v) is 14.5. The topological polar surface area (TPSA) is 6.48 Å². The van der Waals surface area contributed by atoms with Gasteiger partial charge in [-0.2, -0.15) is 13.2 Å². The Balaban J connectivity index is 2.14. The van der Waals surface area contributed by atoms with Gasteiger partial charge in [0.05, 0.1) is 16.4 Å². The predicted molar refractivity (Wildman–Crippen MR) is 90.0 cm³/mol. The third-order valence-corrected chi connectivity index (χ3v) is 5.18. The molecule has 0 unspecified atom stereocenters. The SMILES string of the molecule is CC(=S)N1CCN(c2cc(SCC(F)(F)F)c(C)cc2F)CC1. The molecule has 1 aliphatic heterocycles. The van der Waals surface area contributed by atoms with Gasteiger partial charge in [0.1, 0.15) is 5.82 Å². The summed E-state index contributed by atoms with van der Waals surface area (Å²) in [6.45, 7) is 6.04. The molecule has 1 aliphatic rings. The molecular formula is C15H18F4N2S2. The average molecular weight is 366 g/mol. The maximum Gasteiger partial charge on any atom is 0.398 e. The molecular weight excluding hydrogens is 348 g/mol. The third kappa shape index (κ3) is 4.97. The van der Waals surface area contributed by atoms with E-state index in [1.165, 1.54) is 12.1 Å². The minimum atomic E-state index is -4.24. The lowest BCUT2D eigenvalue weighted by atomic mass is 10.2. The summed E-state index contributed by atoms with van der Waals surface area (Å²) in [6, 6.07) is 2.84. The molecule has 8 heteroatoms. The maximum absolute atomic E-state index is 14.2. The van der Waals surface area contributed by atoms with E-state index in [0.29, 0.717) is 54.1 Å². The number of thioether (sulfide) groups is 1. The summed E-state index contributed by atoms with van der Waals surface area (Å²) in [5, 5.41) is 0. The Hall–Kier alpha value is -1.02. The van der Waals surface area contributed by atoms with Crippen LogP contribution in [-0.2, 0) is 0 Å². The van der Waals surface area contributed by atoms with Gasteiger partial charge in [-0.15, -0.1) is 11.8 Å². The van der Waals surface area contributed by atoms with Gasteiger partial charge in [0.15, 0.2) is 0 Å². The monoisotopic (exact) mass is 366 g/mol. The second kappa shape index (κ2) is 7.25. The van der Waals surface area contributed by atoms with Gasteiger partial charge in [0.25, 0.3) is 0 Å². The van der Waals surface area contributed by atoms with Crippen molar-refractivity contribution in [1.29, 1.82) is 0 Å². The fourth-order valence-electron chi connectivity index (χ4n) is 2.46. The Morgan fingerprint density at radius 2 is 1.83 bits per heavy atom. The van der Waals surface area contributed by atoms with Gasteiger partial charge in [-0.25, -0.2) is 4.39 Å². The Morgan fingerprint density at radius 1 is 1.22 bits per heavy atom. The lowest BCUT2D eigenvalue weighted by Gasteiger charge is -2.37. The van der Waals surface area contributed by atoms with Crippen molar-refractivity contribution >= 4 is 34.7 Å². The molecule has 1 fully saturated rings. The molecule has 0 N–H and O–H groups in total. The van der Waals surface area contributed by atoms with E-state index in [-0.39, 0.29) is 0 Å². The van der Waals surface area contributed by atoms with E-state index in [4.69, 9.17) is 12.2 Å². The van der Waals surface area contributed by atoms with Crippen molar-refractivity contribution in [3.05, 3.63) is 23.5 Å². The normalized spacial score (nSPS) is 15.9. The number of anilines is 1. The molecule has 0 bridgehead atoms. The molecule has 2 rings (SSSR count). The van der Waals surface area contributed by atoms with Gasteiger partial charge in [0.2, 0.25) is 0 Å². The number of benzene rings is 1. The molecule has 1 aromatic rings. The fraction of sp³-hybridized carbons (Fsp3) is 0.533. The first kappa shape index (κ1) is 18.3. The van der Waals surface area contributed by atoms with E-state index in [1.807, 2.05) is 16.7 Å². The number of piperazine rings is 1. The Bertz CT molecular complexity index is 582. The zero-order chi connectivity index (χ0) is 17.2. The van der Waals surface area contributed by atoms with Crippen LogP contribution in [0.1, 0.15) is 12.5 Å². The number of hydrogen-bond donors (Lipinski definition) is 0. The first-order valence-electron chi connectivity index (χ1n) is 7.17. The summed E-state index contributed by atoms with van der Waals surface area (Å²) in [6.07, 6.45) is -4.24. The second-order valence-corrected chi connectivity index (χ2v) is 7.07. The summed E-state index contributed by atoms with van der Waals surface area (Å²) in [7, 11) is 0. The molecule has 128 valence electrons. The maximum atomic E-state index is 14.2. The molecule has 0 aliphatic carbocycles. The number of rotatable bonds is 3. The summed E-state index contributed by atoms with van der Waals surface area (Å²) in [5.41, 5.74) is 0.885. The highest BCUT2D eigenvalue weighted by atomic mass is 32.2. The van der Waals surface area contributed by atoms with Crippen molar-refractivity contribution < 1.29 is 17.6 Å². The van der Waals surface area contributed by atoms with Crippen molar-refractivity contribution in [2.24, 2.45) is 0 Å². The van der Waals surface area contributed by atoms with Crippen molar-refractivity contribution in [2.75, 3.05) is 36.8 Å². The van der Waals surface area contributed by atoms with E-state index in [2.05, 4.69) is 0 Å². The Labute approximate surface area is 142 Å². The zero-order valence-electron chi connectivity index (χ0n) is 12.9. The second-order valence-electron chi connectivity index (χ2n) is 5.47. The third-order valence-electron chi connectivity index (χ3n) is 3.70. The van der Waals surface area contributed by atoms with Gasteiger partial charge >= 0.3 is 6.18 Å². The standard InChI is InChI=1S/C15H18F4N2S2/c1-10-7-12(16)13(8-14(10)23-9-15(17,18)19)21-5-3-20(4-6-21)11(2)22/h7-8H,3-6,9H2,1-2H3. The molecule has 0 saturated carbocycles. The molecule has 23 heavy (non-hydrogen) atoms. The average Bonchev–Trinajstić information content (AvgIpc) is 2.45. The minimum Gasteiger partial charge on any atom is -0.366 e. The van der Waals surface area contributed by atoms with Crippen LogP contribution in [0.25, 0.3) is 0 Å². The van der Waals surface area contributed by atoms with Gasteiger partial charge in [-0.3, -0.25) is 0 Å². The van der Waals surface area contributed by atoms with E-state index in [9.17, 15) is 17.6 Å². The first-order chi connectivity index (χ1) is 10.7. The van der Waals surface area contributed by atoms with Gasteiger partial charge < -0.3 is 9.80 Å². The van der Waals surface area contributed by atoms with E-state index >= 15 is 0 Å². The summed E-state index contributed by atoms with van der Waals surface area (Å²) >= 11 is 5.82. The van der Waals surface area contributed by atoms with Crippen LogP contribution in [0.15, 0.2) is 17.0 Å². The lowest BCUT2D eigenvalue weighted by molar-refractivity contribution is -0.105. The number of aryl methyl sites for hydroxylation is 1. The van der Waals surface area contributed by atoms with Crippen LogP contribution in [0, 0.1) is 12.7 Å². The van der Waals surface area contributed by atoms with Gasteiger partial charge in [0, 0.05) is 31.1 Å². The number of hydrogen-bond acceptors (Lipinski definition) is 3. The molecule has 0 aromatic heterocycles. The Kier molecular flexibility index (Phi) is 5.78. The quantitative estimate of drug-likeness (QED) is 0.448. The number of halogens is 4. The van der Waals surface area contributed by atoms with Crippen LogP contribution < -0.4 is 4.90 Å². The molecule has 2 nitrogen and oxygen atoms in total. The summed E-state index contributed by atoms with van der Waals surface area (Å²) < 4.78 is 51.4. The van der Waals surface area contributed by atoms with Gasteiger partial charge in [-0.1, -0.05) is 12.2 Å². The van der Waals surface area contributed by atoms with Crippen LogP contribution in [0.5, 0.6) is 0 Å². The number of nitrogens with zero attached hydrogens (tertiary/aromatic N) is 2. The van der Waals surface area contributed by atoms with Crippen LogP contribution in [0.3, 0.4) is 0 Å². The van der Waals surface area contributed by atoms with E-state index in [0.717, 1.165) is 4.99 Å². The van der Waals surface area contributed by atoms with E-state index < -0.39 is 17.7 Å². The van der Waals surface area contributed by atoms with E-state index in [1.54, 1.807) is 6.92 Å². The molecule has 1 heterocycles. The predicted octanol–water partition coefficient (Wildman–Crippen LogP) is 4.26. The van der Waals surface area contributed by atoms with Crippen molar-refractivity contribution in [1.82, 2.24) is 4.90 Å². The fourth-order valence-corrected chi connectivity index (χ4v) is 3.45. The smallest absolute Gasteiger partial charge is 0.366 e. The molecule has 0 atom stereocenters. The van der Waals surface area contributed by atoms with Crippen LogP contribution in [0.2, 0.25) is 0 Å². The molecule has 0 radical (unpaired) electrons. The number of alkyl halides is 3. The number of thiocarbonyl (C=S) groups is 1. The highest BCUT2D eigenvalue weighted by Gasteiger charge is 2.28. The largest absolute Gasteiger partial charge is 0.398 e. The van der Waals surface area contributed by atoms with Crippen LogP contribution in [0.4, 0.5) is 23.2 Å². The van der Waals surface area contributed by atoms with Crippen molar-refractivity contribution in [2.45, 2.75) is 24.9 Å². The Morgan fingerprint density at radius 3 is 2.35 bits per heavy atom. The molecule has 0 amide bonds. The molecule has 1 saturated heterocycles. The van der Waals surface area contributed by atoms with Gasteiger partial charge in [-0.05, 0) is 31.5 Å². The minimum absolute atomic E-state index is 0.363. The van der Waals surface area contributed by atoms with Crippen LogP contribution in [-0.4, -0.2) is 48.0 Å². The first-order valence-corrected chi connectivity index (χ1v) is 8.57.